The topological polar surface area (TPSA) is 182 Å². The number of imide groups is 1. The number of aromatic amines is 1. The predicted molar refractivity (Wildman–Crippen MR) is 212 cm³/mol. The van der Waals surface area contributed by atoms with Crippen molar-refractivity contribution >= 4 is 28.6 Å². The minimum Gasteiger partial charge on any atom is -0.496 e. The van der Waals surface area contributed by atoms with Crippen molar-refractivity contribution in [3.05, 3.63) is 64.3 Å². The van der Waals surface area contributed by atoms with Gasteiger partial charge in [-0.15, -0.1) is 0 Å². The number of carbonyl (C=O) groups excluding carboxylic acids is 3. The summed E-state index contributed by atoms with van der Waals surface area (Å²) in [6.45, 7) is 4.49. The summed E-state index contributed by atoms with van der Waals surface area (Å²) in [4.78, 5) is 55.4. The SMILES string of the molecule is COc1cc(-c2cn(C)c(=O)c3[nH]ncc23)cc(OC)c1CNCC(=O)NCCCCCCCCN1CCC(c2ccc(OC3CCC(=O)NC3=O)nc2)CC1. The number of ether oxygens (including phenoxy) is 3. The van der Waals surface area contributed by atoms with E-state index in [2.05, 4.69) is 36.0 Å². The molecule has 2 fully saturated rings. The Balaban J connectivity index is 0.813. The zero-order valence-electron chi connectivity index (χ0n) is 32.7. The number of benzene rings is 1. The Hall–Kier alpha value is -5.28. The Morgan fingerprint density at radius 1 is 0.946 bits per heavy atom. The van der Waals surface area contributed by atoms with Crippen LogP contribution in [0, 0.1) is 0 Å². The Labute approximate surface area is 326 Å². The van der Waals surface area contributed by atoms with Crippen molar-refractivity contribution in [2.45, 2.75) is 82.8 Å². The number of nitrogens with zero attached hydrogens (tertiary/aromatic N) is 4. The van der Waals surface area contributed by atoms with Crippen LogP contribution < -0.4 is 35.7 Å². The van der Waals surface area contributed by atoms with Gasteiger partial charge in [-0.25, -0.2) is 4.98 Å². The van der Waals surface area contributed by atoms with E-state index in [9.17, 15) is 19.2 Å². The first kappa shape index (κ1) is 40.4. The molecule has 0 aliphatic carbocycles. The standard InChI is InChI=1S/C41H54N8O7/c1-48-26-32(30-24-45-47-39(30)41(48)53)29-20-34(54-2)31(35(21-29)55-3)23-42-25-37(51)43-16-8-6-4-5-7-9-17-49-18-14-27(15-19-49)28-10-13-38(44-22-28)56-33-11-12-36(50)46-40(33)52/h10,13,20-22,24,26-27,33,42H,4-9,11-12,14-19,23,25H2,1-3H3,(H,43,51)(H,45,47)(H,46,50,52). The lowest BCUT2D eigenvalue weighted by Crippen LogP contribution is -2.46. The maximum atomic E-state index is 12.6. The van der Waals surface area contributed by atoms with E-state index in [0.717, 1.165) is 68.4 Å². The largest absolute Gasteiger partial charge is 0.496 e. The fraction of sp³-hybridized carbons (Fsp3) is 0.512. The number of unbranched alkanes of at least 4 members (excludes halogenated alkanes) is 5. The van der Waals surface area contributed by atoms with Crippen LogP contribution in [-0.2, 0) is 28.0 Å². The number of rotatable bonds is 19. The summed E-state index contributed by atoms with van der Waals surface area (Å²) >= 11 is 0. The predicted octanol–water partition coefficient (Wildman–Crippen LogP) is 3.95. The average molecular weight is 771 g/mol. The van der Waals surface area contributed by atoms with Gasteiger partial charge in [-0.1, -0.05) is 31.7 Å². The number of H-pyrrole nitrogens is 1. The van der Waals surface area contributed by atoms with Crippen LogP contribution in [0.25, 0.3) is 22.0 Å². The van der Waals surface area contributed by atoms with Gasteiger partial charge in [0.25, 0.3) is 11.5 Å². The molecule has 0 bridgehead atoms. The molecule has 300 valence electrons. The van der Waals surface area contributed by atoms with Crippen LogP contribution in [0.4, 0.5) is 0 Å². The van der Waals surface area contributed by atoms with Crippen LogP contribution in [0.2, 0.25) is 0 Å². The van der Waals surface area contributed by atoms with Crippen molar-refractivity contribution in [1.29, 1.82) is 0 Å². The van der Waals surface area contributed by atoms with Crippen molar-refractivity contribution in [2.75, 3.05) is 46.9 Å². The lowest BCUT2D eigenvalue weighted by Gasteiger charge is -2.32. The van der Waals surface area contributed by atoms with Crippen molar-refractivity contribution in [3.8, 4) is 28.5 Å². The third-order valence-electron chi connectivity index (χ3n) is 10.8. The van der Waals surface area contributed by atoms with Gasteiger partial charge in [0, 0.05) is 68.0 Å². The van der Waals surface area contributed by atoms with Gasteiger partial charge in [0.05, 0.1) is 27.0 Å². The maximum absolute atomic E-state index is 12.6. The second-order valence-corrected chi connectivity index (χ2v) is 14.7. The number of pyridine rings is 2. The number of likely N-dealkylation sites (tertiary alicyclic amines) is 1. The van der Waals surface area contributed by atoms with Gasteiger partial charge >= 0.3 is 0 Å². The number of methoxy groups -OCH3 is 2. The molecule has 15 heteroatoms. The second kappa shape index (κ2) is 19.5. The Kier molecular flexibility index (Phi) is 14.1. The Bertz CT molecular complexity index is 2000. The number of aryl methyl sites for hydroxylation is 1. The molecule has 1 aromatic carbocycles. The summed E-state index contributed by atoms with van der Waals surface area (Å²) in [6, 6.07) is 7.68. The van der Waals surface area contributed by atoms with Crippen molar-refractivity contribution in [2.24, 2.45) is 7.05 Å². The first-order valence-corrected chi connectivity index (χ1v) is 19.7. The maximum Gasteiger partial charge on any atom is 0.276 e. The minimum absolute atomic E-state index is 0.0528. The van der Waals surface area contributed by atoms with Crippen LogP contribution >= 0.6 is 0 Å². The molecule has 2 aliphatic rings. The van der Waals surface area contributed by atoms with Crippen molar-refractivity contribution < 1.29 is 28.6 Å². The molecule has 1 unspecified atom stereocenters. The molecule has 1 atom stereocenters. The van der Waals surface area contributed by atoms with Gasteiger partial charge < -0.3 is 34.3 Å². The number of nitrogens with one attached hydrogen (secondary N) is 4. The van der Waals surface area contributed by atoms with Crippen LogP contribution in [0.1, 0.15) is 81.3 Å². The Morgan fingerprint density at radius 3 is 2.38 bits per heavy atom. The minimum atomic E-state index is -0.672. The molecule has 5 heterocycles. The molecule has 3 aromatic heterocycles. The Morgan fingerprint density at radius 2 is 1.68 bits per heavy atom. The molecule has 6 rings (SSSR count). The average Bonchev–Trinajstić information content (AvgIpc) is 3.71. The molecule has 2 aliphatic heterocycles. The third kappa shape index (κ3) is 10.3. The number of amides is 3. The lowest BCUT2D eigenvalue weighted by atomic mass is 9.90. The van der Waals surface area contributed by atoms with E-state index >= 15 is 0 Å². The summed E-state index contributed by atoms with van der Waals surface area (Å²) in [6.07, 6.45) is 14.3. The van der Waals surface area contributed by atoms with Crippen LogP contribution in [0.5, 0.6) is 17.4 Å². The van der Waals surface area contributed by atoms with Crippen molar-refractivity contribution in [3.63, 3.8) is 0 Å². The molecular formula is C41H54N8O7. The van der Waals surface area contributed by atoms with Gasteiger partial charge in [0.15, 0.2) is 6.10 Å². The molecule has 56 heavy (non-hydrogen) atoms. The number of aromatic nitrogens is 4. The highest BCUT2D eigenvalue weighted by atomic mass is 16.5. The van der Waals surface area contributed by atoms with E-state index in [1.165, 1.54) is 29.4 Å². The van der Waals surface area contributed by atoms with Crippen LogP contribution in [0.3, 0.4) is 0 Å². The van der Waals surface area contributed by atoms with Gasteiger partial charge in [0.1, 0.15) is 17.0 Å². The highest BCUT2D eigenvalue weighted by Gasteiger charge is 2.29. The lowest BCUT2D eigenvalue weighted by molar-refractivity contribution is -0.139. The number of carbonyl (C=O) groups is 3. The smallest absolute Gasteiger partial charge is 0.276 e. The molecule has 15 nitrogen and oxygen atoms in total. The number of hydrogen-bond donors (Lipinski definition) is 4. The van der Waals surface area contributed by atoms with Gasteiger partial charge in [0.2, 0.25) is 17.7 Å². The fourth-order valence-corrected chi connectivity index (χ4v) is 7.58. The number of fused-ring (bicyclic) bond motifs is 1. The summed E-state index contributed by atoms with van der Waals surface area (Å²) in [5.74, 6) is 1.40. The molecule has 0 radical (unpaired) electrons. The fourth-order valence-electron chi connectivity index (χ4n) is 7.58. The van der Waals surface area contributed by atoms with Gasteiger partial charge in [-0.05, 0) is 74.5 Å². The summed E-state index contributed by atoms with van der Waals surface area (Å²) in [7, 11) is 4.90. The highest BCUT2D eigenvalue weighted by Crippen LogP contribution is 2.37. The monoisotopic (exact) mass is 770 g/mol. The highest BCUT2D eigenvalue weighted by molar-refractivity contribution is 6.00. The summed E-state index contributed by atoms with van der Waals surface area (Å²) < 4.78 is 18.7. The van der Waals surface area contributed by atoms with Crippen LogP contribution in [0.15, 0.2) is 47.7 Å². The van der Waals surface area contributed by atoms with Crippen molar-refractivity contribution in [1.82, 2.24) is 40.6 Å². The van der Waals surface area contributed by atoms with E-state index in [-0.39, 0.29) is 30.3 Å². The van der Waals surface area contributed by atoms with E-state index < -0.39 is 12.0 Å². The zero-order chi connectivity index (χ0) is 39.4. The molecule has 4 N–H and O–H groups in total. The molecule has 4 aromatic rings. The first-order chi connectivity index (χ1) is 27.2. The summed E-state index contributed by atoms with van der Waals surface area (Å²) in [5.41, 5.74) is 3.91. The molecule has 0 saturated carbocycles. The van der Waals surface area contributed by atoms with E-state index in [4.69, 9.17) is 14.2 Å². The zero-order valence-corrected chi connectivity index (χ0v) is 32.7. The number of piperidine rings is 2. The van der Waals surface area contributed by atoms with Gasteiger partial charge in [-0.2, -0.15) is 5.10 Å². The molecule has 3 amide bonds. The first-order valence-electron chi connectivity index (χ1n) is 19.7. The normalized spacial score (nSPS) is 16.5. The molecule has 2 saturated heterocycles. The molecule has 0 spiro atoms. The van der Waals surface area contributed by atoms with Gasteiger partial charge in [-0.3, -0.25) is 29.6 Å². The second-order valence-electron chi connectivity index (χ2n) is 14.7. The molecular weight excluding hydrogens is 716 g/mol. The third-order valence-corrected chi connectivity index (χ3v) is 10.8. The summed E-state index contributed by atoms with van der Waals surface area (Å²) in [5, 5.41) is 16.1. The van der Waals surface area contributed by atoms with Crippen LogP contribution in [-0.4, -0.2) is 95.4 Å². The van der Waals surface area contributed by atoms with E-state index in [0.29, 0.717) is 53.7 Å². The quantitative estimate of drug-likeness (QED) is 0.0801. The van der Waals surface area contributed by atoms with E-state index in [1.807, 2.05) is 30.5 Å². The van der Waals surface area contributed by atoms with E-state index in [1.54, 1.807) is 33.7 Å². The number of hydrogen-bond acceptors (Lipinski definition) is 11.